The number of rotatable bonds is 6. The summed E-state index contributed by atoms with van der Waals surface area (Å²) in [6.07, 6.45) is 5.75. The molecule has 0 fully saturated rings. The first-order valence-corrected chi connectivity index (χ1v) is 45.1. The van der Waals surface area contributed by atoms with Crippen LogP contribution in [0.25, 0.3) is 259 Å². The second-order valence-electron chi connectivity index (χ2n) is 34.2. The van der Waals surface area contributed by atoms with Crippen molar-refractivity contribution in [3.05, 3.63) is 407 Å². The lowest BCUT2D eigenvalue weighted by molar-refractivity contribution is 0.663. The molecular weight excluding hydrogens is 1640 g/mol. The summed E-state index contributed by atoms with van der Waals surface area (Å²) in [5.74, 6) is 2.26. The first kappa shape index (κ1) is 71.2. The molecule has 0 amide bonds. The van der Waals surface area contributed by atoms with Gasteiger partial charge in [-0.15, -0.1) is 11.3 Å². The molecule has 32 aromatic rings. The predicted octanol–water partition coefficient (Wildman–Crippen LogP) is 28.7. The Hall–Kier alpha value is -18.0. The maximum atomic E-state index is 6.46. The molecule has 0 atom stereocenters. The van der Waals surface area contributed by atoms with Gasteiger partial charge in [-0.05, 0) is 182 Å². The molecule has 616 valence electrons. The number of hydrogen-bond acceptors (Lipinski definition) is 7. The Balaban J connectivity index is 0.0000000951. The lowest BCUT2D eigenvalue weighted by atomic mass is 10.2. The summed E-state index contributed by atoms with van der Waals surface area (Å²) in [7, 11) is 0. The second-order valence-corrected chi connectivity index (χ2v) is 35.3. The maximum absolute atomic E-state index is 6.46. The smallest absolute Gasteiger partial charge is 0.237 e. The molecule has 0 aliphatic heterocycles. The highest BCUT2D eigenvalue weighted by atomic mass is 32.1. The van der Waals surface area contributed by atoms with Gasteiger partial charge in [-0.25, -0.2) is 19.9 Å². The quantitative estimate of drug-likeness (QED) is 0.163. The normalized spacial score (nSPS) is 12.4. The lowest BCUT2D eigenvalue weighted by Crippen LogP contribution is -2.00. The van der Waals surface area contributed by atoms with Gasteiger partial charge in [0.25, 0.3) is 0 Å². The minimum absolute atomic E-state index is 0.682. The number of furan rings is 2. The largest absolute Gasteiger partial charge is 0.452 e. The Morgan fingerprint density at radius 1 is 0.212 bits per heavy atom. The number of aromatic nitrogens is 15. The van der Waals surface area contributed by atoms with Crippen molar-refractivity contribution < 1.29 is 8.83 Å². The highest BCUT2D eigenvalue weighted by Crippen LogP contribution is 2.45. The van der Waals surface area contributed by atoms with Crippen LogP contribution in [0.5, 0.6) is 0 Å². The summed E-state index contributed by atoms with van der Waals surface area (Å²) in [5, 5.41) is 15.1. The number of para-hydroxylation sites is 16. The first-order valence-electron chi connectivity index (χ1n) is 44.3. The Morgan fingerprint density at radius 3 is 0.970 bits per heavy atom. The highest BCUT2D eigenvalue weighted by Gasteiger charge is 2.28. The van der Waals surface area contributed by atoms with E-state index in [9.17, 15) is 0 Å². The molecule has 0 aliphatic carbocycles. The van der Waals surface area contributed by atoms with E-state index in [4.69, 9.17) is 28.8 Å². The number of imidazole rings is 5. The van der Waals surface area contributed by atoms with Crippen LogP contribution in [0.3, 0.4) is 0 Å². The average molecular weight is 1710 g/mol. The SMILES string of the molecule is c1ccc2c(c1)cc1n(-c3ccc4cc5n(-c6ncc7c(n6)sc6ccccc67)c6ccccc6n5c4c3)c3ccccc3n21.c1ccc2c(c1)cc1n(-c3ccc4cc5n(-c6nccc7c6oc6ccccc67)c6ccccc6n5c4c3)c3ccccc3n21.c1ccc2c(c1)oc1c(-n3c4ccccc4n4c5cc(-n6c7ccccc7c7ccccc76)ccc5cc34)nccc12. The van der Waals surface area contributed by atoms with Gasteiger partial charge in [0.2, 0.25) is 5.95 Å². The summed E-state index contributed by atoms with van der Waals surface area (Å²) < 4.78 is 39.7. The van der Waals surface area contributed by atoms with E-state index in [0.717, 1.165) is 166 Å². The Bertz CT molecular complexity index is 10500. The predicted molar refractivity (Wildman–Crippen MR) is 539 cm³/mol. The lowest BCUT2D eigenvalue weighted by Gasteiger charge is -2.08. The van der Waals surface area contributed by atoms with E-state index < -0.39 is 0 Å². The van der Waals surface area contributed by atoms with Crippen LogP contribution >= 0.6 is 11.3 Å². The average Bonchev–Trinajstić information content (AvgIpc) is 1.56. The van der Waals surface area contributed by atoms with Crippen molar-refractivity contribution in [3.63, 3.8) is 0 Å². The number of benzene rings is 15. The third-order valence-corrected chi connectivity index (χ3v) is 28.4. The summed E-state index contributed by atoms with van der Waals surface area (Å²) >= 11 is 1.72. The van der Waals surface area contributed by atoms with Gasteiger partial charge >= 0.3 is 0 Å². The van der Waals surface area contributed by atoms with Crippen molar-refractivity contribution in [1.29, 1.82) is 0 Å². The van der Waals surface area contributed by atoms with Gasteiger partial charge in [0.15, 0.2) is 22.8 Å². The molecule has 0 saturated heterocycles. The second kappa shape index (κ2) is 26.8. The number of thiophene rings is 1. The number of pyridine rings is 2. The Kier molecular flexibility index (Phi) is 14.5. The monoisotopic (exact) mass is 1710 g/mol. The van der Waals surface area contributed by atoms with Crippen LogP contribution < -0.4 is 0 Å². The van der Waals surface area contributed by atoms with Crippen LogP contribution in [0.4, 0.5) is 0 Å². The van der Waals surface area contributed by atoms with E-state index in [1.807, 2.05) is 55.0 Å². The van der Waals surface area contributed by atoms with Crippen molar-refractivity contribution in [2.24, 2.45) is 0 Å². The molecule has 0 N–H and O–H groups in total. The van der Waals surface area contributed by atoms with Crippen LogP contribution in [0, 0.1) is 0 Å². The van der Waals surface area contributed by atoms with E-state index in [1.54, 1.807) is 11.3 Å². The van der Waals surface area contributed by atoms with Gasteiger partial charge in [0, 0.05) is 110 Å². The summed E-state index contributed by atoms with van der Waals surface area (Å²) in [6, 6.07) is 138. The zero-order chi connectivity index (χ0) is 85.8. The van der Waals surface area contributed by atoms with Crippen molar-refractivity contribution in [2.45, 2.75) is 0 Å². The van der Waals surface area contributed by atoms with Gasteiger partial charge in [0.05, 0.1) is 93.8 Å². The standard InChI is InChI=1S/C39H23N5O.C38H22N6S.C37H22N4O/c1-3-11-29-24(9-1)21-36-41(30-12-4-5-13-31(30)42(29)36)26-18-17-25-22-37-43(34(25)23-26)32-14-6-7-15-33(32)44(37)39-38-28(19-20-40-39)27-10-2-8-16-35(27)45-38;1-3-11-28-23(9-1)19-35-41(29-12-4-5-13-30(29)42(28)35)25-18-17-24-20-36-43(33(24)21-25)31-14-6-7-15-32(31)44(36)38-39-22-27-26-10-2-8-16-34(26)45-37(27)40-38;1-4-12-29-25(9-1)26-10-2-5-13-30(26)39(29)24-18-17-23-21-35-40(33(23)22-24)31-14-6-7-15-32(31)41(35)37-36-28(19-20-38-37)27-11-3-8-16-34(27)42-36/h1-23H;1-22H;1-22H. The molecule has 0 radical (unpaired) electrons. The van der Waals surface area contributed by atoms with Crippen LogP contribution in [0.15, 0.2) is 416 Å². The van der Waals surface area contributed by atoms with E-state index in [1.165, 1.54) is 86.5 Å². The summed E-state index contributed by atoms with van der Waals surface area (Å²) in [6.45, 7) is 0. The minimum Gasteiger partial charge on any atom is -0.452 e. The number of hydrogen-bond donors (Lipinski definition) is 0. The van der Waals surface area contributed by atoms with Crippen LogP contribution in [0.2, 0.25) is 0 Å². The third kappa shape index (κ3) is 9.87. The van der Waals surface area contributed by atoms with Gasteiger partial charge in [0.1, 0.15) is 44.2 Å². The molecular formula is C114H67N15O2S. The van der Waals surface area contributed by atoms with Crippen molar-refractivity contribution >= 4 is 235 Å². The molecule has 32 rings (SSSR count). The van der Waals surface area contributed by atoms with E-state index in [-0.39, 0.29) is 0 Å². The fourth-order valence-corrected chi connectivity index (χ4v) is 22.8. The molecule has 17 heterocycles. The molecule has 18 heteroatoms. The van der Waals surface area contributed by atoms with Gasteiger partial charge in [-0.1, -0.05) is 206 Å². The third-order valence-electron chi connectivity index (χ3n) is 27.3. The molecule has 17 nitrogen and oxygen atoms in total. The van der Waals surface area contributed by atoms with Gasteiger partial charge in [-0.3, -0.25) is 44.8 Å². The maximum Gasteiger partial charge on any atom is 0.237 e. The number of nitrogens with zero attached hydrogens (tertiary/aromatic N) is 15. The molecule has 15 aromatic carbocycles. The molecule has 0 unspecified atom stereocenters. The highest BCUT2D eigenvalue weighted by molar-refractivity contribution is 7.25. The van der Waals surface area contributed by atoms with E-state index in [2.05, 4.69) is 401 Å². The zero-order valence-corrected chi connectivity index (χ0v) is 70.9. The topological polar surface area (TPSA) is 129 Å². The summed E-state index contributed by atoms with van der Waals surface area (Å²) in [4.78, 5) is 20.9. The Labute approximate surface area is 749 Å². The molecule has 0 bridgehead atoms. The molecule has 0 saturated carbocycles. The van der Waals surface area contributed by atoms with Crippen LogP contribution in [-0.4, -0.2) is 69.3 Å². The molecule has 132 heavy (non-hydrogen) atoms. The molecule has 17 aromatic heterocycles. The van der Waals surface area contributed by atoms with Gasteiger partial charge < -0.3 is 13.4 Å². The first-order chi connectivity index (χ1) is 65.5. The Morgan fingerprint density at radius 2 is 0.530 bits per heavy atom. The van der Waals surface area contributed by atoms with Crippen LogP contribution in [-0.2, 0) is 0 Å². The fourth-order valence-electron chi connectivity index (χ4n) is 21.7. The summed E-state index contributed by atoms with van der Waals surface area (Å²) in [5.41, 5.74) is 31.7. The van der Waals surface area contributed by atoms with Crippen molar-refractivity contribution in [1.82, 2.24) is 69.3 Å². The minimum atomic E-state index is 0.682. The van der Waals surface area contributed by atoms with Gasteiger partial charge in [-0.2, -0.15) is 0 Å². The molecule has 0 spiro atoms. The fraction of sp³-hybridized carbons (Fsp3) is 0. The van der Waals surface area contributed by atoms with Crippen molar-refractivity contribution in [2.75, 3.05) is 0 Å². The number of fused-ring (bicyclic) bond motifs is 37. The zero-order valence-electron chi connectivity index (χ0n) is 70.1. The van der Waals surface area contributed by atoms with Crippen molar-refractivity contribution in [3.8, 4) is 34.6 Å². The molecule has 0 aliphatic rings. The van der Waals surface area contributed by atoms with E-state index >= 15 is 0 Å². The van der Waals surface area contributed by atoms with Crippen LogP contribution in [0.1, 0.15) is 0 Å². The van der Waals surface area contributed by atoms with E-state index in [0.29, 0.717) is 5.95 Å².